The monoisotopic (exact) mass is 431 g/mol. The smallest absolute Gasteiger partial charge is 0.343 e. The number of methoxy groups -OCH3 is 1. The Balaban J connectivity index is 1.60. The minimum atomic E-state index is -0.916. The average molecular weight is 431 g/mol. The molecule has 0 aliphatic rings. The number of hydrazone groups is 1. The highest BCUT2D eigenvalue weighted by atomic mass is 16.6. The van der Waals surface area contributed by atoms with E-state index in [-0.39, 0.29) is 5.75 Å². The predicted molar refractivity (Wildman–Crippen MR) is 120 cm³/mol. The van der Waals surface area contributed by atoms with Gasteiger partial charge >= 0.3 is 17.8 Å². The summed E-state index contributed by atoms with van der Waals surface area (Å²) in [5.74, 6) is -1.73. The molecule has 0 aliphatic heterocycles. The van der Waals surface area contributed by atoms with Crippen molar-refractivity contribution in [2.75, 3.05) is 12.4 Å². The van der Waals surface area contributed by atoms with Crippen molar-refractivity contribution < 1.29 is 23.9 Å². The van der Waals surface area contributed by atoms with Crippen LogP contribution in [0.1, 0.15) is 21.5 Å². The van der Waals surface area contributed by atoms with Gasteiger partial charge in [0.05, 0.1) is 18.9 Å². The van der Waals surface area contributed by atoms with Crippen LogP contribution in [0.15, 0.2) is 77.9 Å². The van der Waals surface area contributed by atoms with Gasteiger partial charge in [-0.3, -0.25) is 9.59 Å². The summed E-state index contributed by atoms with van der Waals surface area (Å²) in [6, 6.07) is 20.4. The molecule has 2 N–H and O–H groups in total. The van der Waals surface area contributed by atoms with E-state index in [0.717, 1.165) is 5.56 Å². The molecular formula is C24H21N3O5. The zero-order chi connectivity index (χ0) is 22.9. The van der Waals surface area contributed by atoms with Crippen molar-refractivity contribution in [1.82, 2.24) is 5.43 Å². The van der Waals surface area contributed by atoms with Gasteiger partial charge in [-0.25, -0.2) is 10.2 Å². The van der Waals surface area contributed by atoms with E-state index in [2.05, 4.69) is 15.8 Å². The van der Waals surface area contributed by atoms with Crippen LogP contribution in [0.25, 0.3) is 0 Å². The molecule has 0 aromatic heterocycles. The summed E-state index contributed by atoms with van der Waals surface area (Å²) in [6.45, 7) is 1.93. The van der Waals surface area contributed by atoms with Gasteiger partial charge in [0.15, 0.2) is 11.5 Å². The fourth-order valence-electron chi connectivity index (χ4n) is 2.62. The van der Waals surface area contributed by atoms with Gasteiger partial charge in [-0.2, -0.15) is 5.10 Å². The quantitative estimate of drug-likeness (QED) is 0.205. The summed E-state index contributed by atoms with van der Waals surface area (Å²) in [5, 5.41) is 6.23. The maximum atomic E-state index is 12.3. The van der Waals surface area contributed by atoms with Gasteiger partial charge in [-0.05, 0) is 55.0 Å². The Morgan fingerprint density at radius 3 is 2.28 bits per heavy atom. The van der Waals surface area contributed by atoms with E-state index in [1.54, 1.807) is 60.7 Å². The van der Waals surface area contributed by atoms with Gasteiger partial charge in [0.1, 0.15) is 0 Å². The largest absolute Gasteiger partial charge is 0.493 e. The number of hydrogen-bond donors (Lipinski definition) is 2. The summed E-state index contributed by atoms with van der Waals surface area (Å²) in [4.78, 5) is 36.1. The molecule has 3 aromatic carbocycles. The lowest BCUT2D eigenvalue weighted by Crippen LogP contribution is -2.32. The van der Waals surface area contributed by atoms with Gasteiger partial charge in [0.2, 0.25) is 0 Å². The molecule has 2 amide bonds. The number of esters is 1. The first-order valence-corrected chi connectivity index (χ1v) is 9.62. The Kier molecular flexibility index (Phi) is 7.32. The van der Waals surface area contributed by atoms with Crippen LogP contribution in [0, 0.1) is 6.92 Å². The highest BCUT2D eigenvalue weighted by Crippen LogP contribution is 2.28. The number of hydrogen-bond acceptors (Lipinski definition) is 6. The fraction of sp³-hybridized carbons (Fsp3) is 0.0833. The predicted octanol–water partition coefficient (Wildman–Crippen LogP) is 3.31. The van der Waals surface area contributed by atoms with Crippen LogP contribution in [-0.4, -0.2) is 31.1 Å². The minimum Gasteiger partial charge on any atom is -0.493 e. The molecule has 0 bridgehead atoms. The Hall–Kier alpha value is -4.46. The zero-order valence-electron chi connectivity index (χ0n) is 17.5. The lowest BCUT2D eigenvalue weighted by atomic mass is 10.1. The maximum Gasteiger partial charge on any atom is 0.343 e. The normalized spacial score (nSPS) is 10.4. The van der Waals surface area contributed by atoms with Crippen LogP contribution in [0.5, 0.6) is 11.5 Å². The van der Waals surface area contributed by atoms with Crippen LogP contribution in [0.3, 0.4) is 0 Å². The SMILES string of the molecule is COc1cc(/C=N/NC(=O)C(=O)Nc2ccccc2)ccc1OC(=O)c1ccc(C)cc1. The van der Waals surface area contributed by atoms with Crippen molar-refractivity contribution >= 4 is 29.7 Å². The molecular weight excluding hydrogens is 410 g/mol. The van der Waals surface area contributed by atoms with Crippen LogP contribution in [0.4, 0.5) is 5.69 Å². The number of aryl methyl sites for hydroxylation is 1. The first kappa shape index (κ1) is 22.2. The van der Waals surface area contributed by atoms with Gasteiger partial charge in [0, 0.05) is 5.69 Å². The molecule has 3 aromatic rings. The molecule has 0 fully saturated rings. The lowest BCUT2D eigenvalue weighted by molar-refractivity contribution is -0.136. The van der Waals surface area contributed by atoms with E-state index in [0.29, 0.717) is 22.6 Å². The van der Waals surface area contributed by atoms with E-state index >= 15 is 0 Å². The molecule has 8 heteroatoms. The number of ether oxygens (including phenoxy) is 2. The maximum absolute atomic E-state index is 12.3. The number of carbonyl (C=O) groups is 3. The van der Waals surface area contributed by atoms with Gasteiger partial charge in [-0.15, -0.1) is 0 Å². The van der Waals surface area contributed by atoms with Crippen molar-refractivity contribution in [2.45, 2.75) is 6.92 Å². The number of benzene rings is 3. The van der Waals surface area contributed by atoms with E-state index in [9.17, 15) is 14.4 Å². The Bertz CT molecular complexity index is 1140. The molecule has 0 unspecified atom stereocenters. The first-order valence-electron chi connectivity index (χ1n) is 9.62. The molecule has 0 spiro atoms. The van der Waals surface area contributed by atoms with E-state index in [1.165, 1.54) is 13.3 Å². The minimum absolute atomic E-state index is 0.237. The van der Waals surface area contributed by atoms with Crippen LogP contribution in [0.2, 0.25) is 0 Å². The zero-order valence-corrected chi connectivity index (χ0v) is 17.5. The Labute approximate surface area is 184 Å². The first-order chi connectivity index (χ1) is 15.5. The number of nitrogens with one attached hydrogen (secondary N) is 2. The summed E-state index contributed by atoms with van der Waals surface area (Å²) in [5.41, 5.74) is 4.66. The molecule has 162 valence electrons. The molecule has 0 saturated carbocycles. The van der Waals surface area contributed by atoms with Gasteiger partial charge < -0.3 is 14.8 Å². The fourth-order valence-corrected chi connectivity index (χ4v) is 2.62. The summed E-state index contributed by atoms with van der Waals surface area (Å²) in [6.07, 6.45) is 1.34. The number of carbonyl (C=O) groups excluding carboxylic acids is 3. The number of para-hydroxylation sites is 1. The van der Waals surface area contributed by atoms with Crippen molar-refractivity contribution in [2.24, 2.45) is 5.10 Å². The number of anilines is 1. The molecule has 32 heavy (non-hydrogen) atoms. The third-order valence-corrected chi connectivity index (χ3v) is 4.30. The third-order valence-electron chi connectivity index (χ3n) is 4.30. The molecule has 0 saturated heterocycles. The van der Waals surface area contributed by atoms with Crippen LogP contribution >= 0.6 is 0 Å². The van der Waals surface area contributed by atoms with E-state index < -0.39 is 17.8 Å². The number of rotatable bonds is 6. The second-order valence-electron chi connectivity index (χ2n) is 6.69. The van der Waals surface area contributed by atoms with Crippen molar-refractivity contribution in [3.05, 3.63) is 89.5 Å². The summed E-state index contributed by atoms with van der Waals surface area (Å²) >= 11 is 0. The Morgan fingerprint density at radius 2 is 1.59 bits per heavy atom. The lowest BCUT2D eigenvalue weighted by Gasteiger charge is -2.10. The third kappa shape index (κ3) is 6.02. The Morgan fingerprint density at radius 1 is 0.875 bits per heavy atom. The molecule has 3 rings (SSSR count). The molecule has 0 aliphatic carbocycles. The highest BCUT2D eigenvalue weighted by Gasteiger charge is 2.14. The van der Waals surface area contributed by atoms with Crippen molar-refractivity contribution in [3.63, 3.8) is 0 Å². The molecule has 0 atom stereocenters. The van der Waals surface area contributed by atoms with E-state index in [1.807, 2.05) is 19.1 Å². The van der Waals surface area contributed by atoms with Crippen molar-refractivity contribution in [3.8, 4) is 11.5 Å². The van der Waals surface area contributed by atoms with E-state index in [4.69, 9.17) is 9.47 Å². The summed E-state index contributed by atoms with van der Waals surface area (Å²) < 4.78 is 10.7. The molecule has 0 radical (unpaired) electrons. The van der Waals surface area contributed by atoms with Crippen LogP contribution in [-0.2, 0) is 9.59 Å². The standard InChI is InChI=1S/C24H21N3O5/c1-16-8-11-18(12-9-16)24(30)32-20-13-10-17(14-21(20)31-2)15-25-27-23(29)22(28)26-19-6-4-3-5-7-19/h3-15H,1-2H3,(H,26,28)(H,27,29)/b25-15+. The topological polar surface area (TPSA) is 106 Å². The highest BCUT2D eigenvalue weighted by molar-refractivity contribution is 6.39. The second kappa shape index (κ2) is 10.5. The average Bonchev–Trinajstić information content (AvgIpc) is 2.80. The van der Waals surface area contributed by atoms with Crippen molar-refractivity contribution in [1.29, 1.82) is 0 Å². The van der Waals surface area contributed by atoms with Crippen LogP contribution < -0.4 is 20.2 Å². The molecule has 0 heterocycles. The summed E-state index contributed by atoms with van der Waals surface area (Å²) in [7, 11) is 1.44. The number of nitrogens with zero attached hydrogens (tertiary/aromatic N) is 1. The van der Waals surface area contributed by atoms with Gasteiger partial charge in [-0.1, -0.05) is 35.9 Å². The number of amides is 2. The molecule has 8 nitrogen and oxygen atoms in total. The van der Waals surface area contributed by atoms with Gasteiger partial charge in [0.25, 0.3) is 0 Å². The second-order valence-corrected chi connectivity index (χ2v) is 6.69.